The lowest BCUT2D eigenvalue weighted by Crippen LogP contribution is -2.07. The molecule has 9 heterocycles. The molecule has 3 aliphatic heterocycles. The quantitative estimate of drug-likeness (QED) is 0.0513. The summed E-state index contributed by atoms with van der Waals surface area (Å²) in [7, 11) is 4.40. The predicted molar refractivity (Wildman–Crippen MR) is 504 cm³/mol. The van der Waals surface area contributed by atoms with E-state index >= 15 is 0 Å². The van der Waals surface area contributed by atoms with Crippen molar-refractivity contribution >= 4 is 65.4 Å². The molecular formula is C105H86F4N6O18. The topological polar surface area (TPSA) is 341 Å². The zero-order chi connectivity index (χ0) is 93.7. The van der Waals surface area contributed by atoms with Crippen molar-refractivity contribution in [1.82, 2.24) is 29.9 Å². The number of halogens is 4. The van der Waals surface area contributed by atoms with E-state index in [0.29, 0.717) is 184 Å². The van der Waals surface area contributed by atoms with Crippen molar-refractivity contribution < 1.29 is 75.5 Å². The van der Waals surface area contributed by atoms with E-state index in [0.717, 1.165) is 39.2 Å². The van der Waals surface area contributed by atoms with Crippen molar-refractivity contribution in [2.45, 2.75) is 61.4 Å². The Labute approximate surface area is 754 Å². The number of aromatic amines is 6. The number of nitrogens with one attached hydrogen (secondary N) is 6. The molecular weight excluding hydrogens is 1710 g/mol. The highest BCUT2D eigenvalue weighted by Gasteiger charge is 2.26. The van der Waals surface area contributed by atoms with Crippen molar-refractivity contribution in [1.29, 1.82) is 0 Å². The van der Waals surface area contributed by atoms with Gasteiger partial charge in [-0.3, -0.25) is 28.8 Å². The Bertz CT molecular complexity index is 8010. The number of aliphatic hydroxyl groups is 3. The van der Waals surface area contributed by atoms with Gasteiger partial charge in [0, 0.05) is 98.1 Å². The molecule has 6 aromatic heterocycles. The Hall–Kier alpha value is -16.3. The third kappa shape index (κ3) is 18.6. The van der Waals surface area contributed by atoms with Gasteiger partial charge in [0.05, 0.1) is 118 Å². The molecule has 12 aromatic carbocycles. The van der Waals surface area contributed by atoms with Crippen LogP contribution < -0.4 is 75.2 Å². The van der Waals surface area contributed by atoms with Crippen LogP contribution in [0.2, 0.25) is 0 Å². The zero-order valence-electron chi connectivity index (χ0n) is 73.2. The van der Waals surface area contributed by atoms with Gasteiger partial charge in [0.2, 0.25) is 20.4 Å². The van der Waals surface area contributed by atoms with Gasteiger partial charge in [-0.1, -0.05) is 114 Å². The Morgan fingerprint density at radius 2 is 0.526 bits per heavy atom. The Morgan fingerprint density at radius 1 is 0.271 bits per heavy atom. The van der Waals surface area contributed by atoms with Crippen LogP contribution in [-0.2, 0) is 19.8 Å². The fourth-order valence-electron chi connectivity index (χ4n) is 15.8. The summed E-state index contributed by atoms with van der Waals surface area (Å²) in [5.41, 5.74) is 16.7. The van der Waals surface area contributed by atoms with Crippen molar-refractivity contribution in [3.05, 3.63) is 365 Å². The molecule has 28 heteroatoms. The van der Waals surface area contributed by atoms with Gasteiger partial charge in [0.15, 0.2) is 67.1 Å². The molecule has 0 unspecified atom stereocenters. The van der Waals surface area contributed by atoms with E-state index in [1.165, 1.54) is 81.0 Å². The van der Waals surface area contributed by atoms with Gasteiger partial charge in [-0.05, 0) is 166 Å². The molecule has 0 saturated carbocycles. The van der Waals surface area contributed by atoms with E-state index in [-0.39, 0.29) is 96.0 Å². The van der Waals surface area contributed by atoms with Crippen LogP contribution in [0.3, 0.4) is 0 Å². The molecule has 0 atom stereocenters. The van der Waals surface area contributed by atoms with Crippen LogP contribution in [0.1, 0.15) is 50.1 Å². The van der Waals surface area contributed by atoms with Gasteiger partial charge >= 0.3 is 0 Å². The number of aliphatic hydroxyl groups excluding tert-OH is 3. The summed E-state index contributed by atoms with van der Waals surface area (Å²) in [6.45, 7) is 10.8. The van der Waals surface area contributed by atoms with Gasteiger partial charge in [-0.15, -0.1) is 0 Å². The highest BCUT2D eigenvalue weighted by molar-refractivity contribution is 5.95. The van der Waals surface area contributed by atoms with Gasteiger partial charge in [-0.2, -0.15) is 0 Å². The summed E-state index contributed by atoms with van der Waals surface area (Å²) in [5, 5.41) is 30.7. The molecule has 0 fully saturated rings. The molecule has 18 aromatic rings. The average Bonchev–Trinajstić information content (AvgIpc) is 1.60. The molecule has 0 radical (unpaired) electrons. The van der Waals surface area contributed by atoms with Crippen LogP contribution >= 0.6 is 0 Å². The summed E-state index contributed by atoms with van der Waals surface area (Å²) in [4.78, 5) is 93.8. The SMILES string of the molecule is COc1c(CO)ccc2[nH]c(-c3ccc(C)c(F)c3)cc(=O)c12.COc1c(CO)ccc2[nH]c(-c3ccc(C)cc3)cc(=O)c12.COc1c(CO)ccc2[nH]c(-c3ccc(C)cc3F)cc(=O)c12.Cc1ccc(-c2cc(=O)c3c4c(ccc3[nH]2)OCO4)c(F)c1.Cc1ccc(-c2cc(=O)c3c4c(ccc3[nH]2)OCO4)cc1.Cc1ccc(-c2cc(=O)c3c4c(ccc3[nH]2)OCO4)cc1F. The number of methoxy groups -OCH3 is 3. The van der Waals surface area contributed by atoms with E-state index in [1.807, 2.05) is 81.4 Å². The lowest BCUT2D eigenvalue weighted by atomic mass is 10.0. The third-order valence-corrected chi connectivity index (χ3v) is 22.7. The molecule has 133 heavy (non-hydrogen) atoms. The maximum absolute atomic E-state index is 14.2. The Kier molecular flexibility index (Phi) is 26.1. The summed E-state index contributed by atoms with van der Waals surface area (Å²) < 4.78 is 104. The summed E-state index contributed by atoms with van der Waals surface area (Å²) >= 11 is 0. The van der Waals surface area contributed by atoms with Gasteiger partial charge in [-0.25, -0.2) is 17.6 Å². The minimum absolute atomic E-state index is 0.0679. The largest absolute Gasteiger partial charge is 0.496 e. The minimum Gasteiger partial charge on any atom is -0.496 e. The maximum Gasteiger partial charge on any atom is 0.231 e. The van der Waals surface area contributed by atoms with E-state index in [9.17, 15) is 61.6 Å². The van der Waals surface area contributed by atoms with E-state index in [1.54, 1.807) is 142 Å². The van der Waals surface area contributed by atoms with Crippen LogP contribution in [0.15, 0.2) is 259 Å². The van der Waals surface area contributed by atoms with Crippen LogP contribution in [0.4, 0.5) is 17.6 Å². The predicted octanol–water partition coefficient (Wildman–Crippen LogP) is 19.3. The first kappa shape index (κ1) is 90.1. The van der Waals surface area contributed by atoms with Crippen molar-refractivity contribution in [3.63, 3.8) is 0 Å². The summed E-state index contributed by atoms with van der Waals surface area (Å²) in [6.07, 6.45) is 0. The number of H-pyrrole nitrogens is 6. The second kappa shape index (κ2) is 38.6. The molecule has 9 N–H and O–H groups in total. The van der Waals surface area contributed by atoms with E-state index in [4.69, 9.17) is 42.6 Å². The second-order valence-corrected chi connectivity index (χ2v) is 31.6. The lowest BCUT2D eigenvalue weighted by Gasteiger charge is -2.11. The molecule has 21 rings (SSSR count). The van der Waals surface area contributed by atoms with Crippen LogP contribution in [0, 0.1) is 64.8 Å². The van der Waals surface area contributed by atoms with Crippen LogP contribution in [0.5, 0.6) is 51.7 Å². The molecule has 0 aliphatic carbocycles. The van der Waals surface area contributed by atoms with Crippen molar-refractivity contribution in [2.75, 3.05) is 41.7 Å². The number of rotatable bonds is 12. The average molecular weight is 1800 g/mol. The van der Waals surface area contributed by atoms with Gasteiger partial charge in [0.25, 0.3) is 0 Å². The van der Waals surface area contributed by atoms with Gasteiger partial charge < -0.3 is 87.9 Å². The molecule has 0 saturated heterocycles. The van der Waals surface area contributed by atoms with Crippen molar-refractivity contribution in [2.24, 2.45) is 0 Å². The molecule has 0 bridgehead atoms. The zero-order valence-corrected chi connectivity index (χ0v) is 73.2. The minimum atomic E-state index is -0.390. The molecule has 672 valence electrons. The third-order valence-electron chi connectivity index (χ3n) is 22.7. The number of hydrogen-bond acceptors (Lipinski definition) is 18. The van der Waals surface area contributed by atoms with Gasteiger partial charge in [0.1, 0.15) is 40.5 Å². The number of pyridine rings is 6. The first-order valence-electron chi connectivity index (χ1n) is 41.8. The number of fused-ring (bicyclic) bond motifs is 12. The van der Waals surface area contributed by atoms with E-state index in [2.05, 4.69) is 29.9 Å². The first-order valence-corrected chi connectivity index (χ1v) is 41.8. The highest BCUT2D eigenvalue weighted by Crippen LogP contribution is 2.42. The highest BCUT2D eigenvalue weighted by atomic mass is 19.1. The smallest absolute Gasteiger partial charge is 0.231 e. The fourth-order valence-corrected chi connectivity index (χ4v) is 15.8. The number of hydrogen-bond donors (Lipinski definition) is 9. The summed E-state index contributed by atoms with van der Waals surface area (Å²) in [6, 6.07) is 65.2. The monoisotopic (exact) mass is 1790 g/mol. The number of ether oxygens (including phenoxy) is 9. The number of aryl methyl sites for hydroxylation is 6. The summed E-state index contributed by atoms with van der Waals surface area (Å²) in [5.74, 6) is 2.90. The fraction of sp³-hybridized carbons (Fsp3) is 0.143. The standard InChI is InChI=1S/2C18H16FNO3.C18H17NO3.2C17H12FNO3.C17H13NO3/c1-10-3-5-12(13(19)7-10)15-8-16(22)17-14(20-15)6-4-11(9-21)18(17)23-2;1-10-3-4-11(7-13(10)19)15-8-16(22)17-14(20-15)6-5-12(9-21)18(17)23-2;1-11-3-5-12(6-4-11)15-9-16(21)17-14(19-15)8-7-13(10-20)18(17)22-2;1-9-2-3-10(6-11(9)18)13-7-14(20)16-12(19-13)4-5-15-17(16)22-8-21-15;1-9-2-3-10(11(18)6-9)13-7-14(20)16-12(19-13)4-5-15-17(16)22-8-21-15;1-10-2-4-11(5-3-10)13-8-14(19)16-12(18-13)6-7-15-17(16)21-9-20-15/h2*3-8,21H,9H2,1-2H3,(H,20,22);3-9,20H,10H2,1-2H3,(H,19,21);2*2-7H,8H2,1H3,(H,19,20);2-8H,9H2,1H3,(H,18,19). The molecule has 3 aliphatic rings. The second-order valence-electron chi connectivity index (χ2n) is 31.6. The van der Waals surface area contributed by atoms with Crippen molar-refractivity contribution in [3.8, 4) is 119 Å². The molecule has 0 amide bonds. The molecule has 24 nitrogen and oxygen atoms in total. The Morgan fingerprint density at radius 3 is 0.812 bits per heavy atom. The van der Waals surface area contributed by atoms with Crippen LogP contribution in [-0.4, -0.2) is 86.9 Å². The first-order chi connectivity index (χ1) is 64.2. The normalized spacial score (nSPS) is 11.8. The molecule has 0 spiro atoms. The number of aromatic nitrogens is 6. The van der Waals surface area contributed by atoms with E-state index < -0.39 is 0 Å². The Balaban J connectivity index is 0.000000116. The van der Waals surface area contributed by atoms with Crippen LogP contribution in [0.25, 0.3) is 133 Å². The maximum atomic E-state index is 14.2. The lowest BCUT2D eigenvalue weighted by molar-refractivity contribution is 0.174. The number of benzene rings is 12.